The zero-order valence-electron chi connectivity index (χ0n) is 11.5. The standard InChI is InChI=1S/C13H24O5/c1-4-5-9-18-13(2,3)8-10-17-12(16)7-6-11(14)15/h4-10H2,1-3H3,(H,14,15). The predicted octanol–water partition coefficient (Wildman–Crippen LogP) is 2.38. The Balaban J connectivity index is 3.67. The van der Waals surface area contributed by atoms with E-state index in [0.717, 1.165) is 12.8 Å². The number of aliphatic carboxylic acids is 1. The van der Waals surface area contributed by atoms with Crippen LogP contribution in [0.2, 0.25) is 0 Å². The van der Waals surface area contributed by atoms with Gasteiger partial charge >= 0.3 is 11.9 Å². The van der Waals surface area contributed by atoms with Crippen LogP contribution in [0, 0.1) is 0 Å². The summed E-state index contributed by atoms with van der Waals surface area (Å²) >= 11 is 0. The third-order valence-corrected chi connectivity index (χ3v) is 2.50. The second-order valence-corrected chi connectivity index (χ2v) is 4.83. The van der Waals surface area contributed by atoms with Crippen LogP contribution >= 0.6 is 0 Å². The molecule has 0 fully saturated rings. The molecule has 0 atom stereocenters. The van der Waals surface area contributed by atoms with E-state index < -0.39 is 11.9 Å². The Morgan fingerprint density at radius 1 is 1.17 bits per heavy atom. The highest BCUT2D eigenvalue weighted by atomic mass is 16.5. The third-order valence-electron chi connectivity index (χ3n) is 2.50. The number of carbonyl (C=O) groups is 2. The molecule has 0 aromatic rings. The minimum Gasteiger partial charge on any atom is -0.481 e. The second kappa shape index (κ2) is 8.91. The number of hydrogen-bond donors (Lipinski definition) is 1. The third kappa shape index (κ3) is 10.1. The van der Waals surface area contributed by atoms with Gasteiger partial charge in [0.15, 0.2) is 0 Å². The lowest BCUT2D eigenvalue weighted by Gasteiger charge is -2.25. The molecule has 5 nitrogen and oxygen atoms in total. The van der Waals surface area contributed by atoms with Gasteiger partial charge in [-0.15, -0.1) is 0 Å². The van der Waals surface area contributed by atoms with Crippen LogP contribution in [0.3, 0.4) is 0 Å². The number of hydrogen-bond acceptors (Lipinski definition) is 4. The maximum absolute atomic E-state index is 11.2. The summed E-state index contributed by atoms with van der Waals surface area (Å²) in [5.74, 6) is -1.46. The van der Waals surface area contributed by atoms with Gasteiger partial charge in [-0.3, -0.25) is 9.59 Å². The molecule has 0 bridgehead atoms. The summed E-state index contributed by atoms with van der Waals surface area (Å²) in [6.07, 6.45) is 2.44. The highest BCUT2D eigenvalue weighted by molar-refractivity contribution is 5.76. The lowest BCUT2D eigenvalue weighted by Crippen LogP contribution is -2.27. The first kappa shape index (κ1) is 16.9. The SMILES string of the molecule is CCCCOC(C)(C)CCOC(=O)CCC(=O)O. The van der Waals surface area contributed by atoms with Crippen molar-refractivity contribution in [3.05, 3.63) is 0 Å². The lowest BCUT2D eigenvalue weighted by molar-refractivity contribution is -0.149. The Kier molecular flexibility index (Phi) is 8.37. The molecular formula is C13H24O5. The highest BCUT2D eigenvalue weighted by Crippen LogP contribution is 2.15. The summed E-state index contributed by atoms with van der Waals surface area (Å²) in [7, 11) is 0. The average Bonchev–Trinajstić information content (AvgIpc) is 2.26. The highest BCUT2D eigenvalue weighted by Gasteiger charge is 2.18. The van der Waals surface area contributed by atoms with Crippen LogP contribution in [0.4, 0.5) is 0 Å². The molecule has 0 aliphatic heterocycles. The van der Waals surface area contributed by atoms with Crippen LogP contribution in [0.5, 0.6) is 0 Å². The van der Waals surface area contributed by atoms with Crippen LogP contribution in [0.15, 0.2) is 0 Å². The average molecular weight is 260 g/mol. The number of rotatable bonds is 10. The van der Waals surface area contributed by atoms with Crippen LogP contribution in [0.1, 0.15) is 52.9 Å². The van der Waals surface area contributed by atoms with Gasteiger partial charge in [-0.2, -0.15) is 0 Å². The zero-order chi connectivity index (χ0) is 14.0. The minimum atomic E-state index is -0.991. The Labute approximate surface area is 108 Å². The minimum absolute atomic E-state index is 0.0769. The smallest absolute Gasteiger partial charge is 0.306 e. The molecule has 0 rings (SSSR count). The number of unbranched alkanes of at least 4 members (excludes halogenated alkanes) is 1. The van der Waals surface area contributed by atoms with Crippen molar-refractivity contribution in [2.75, 3.05) is 13.2 Å². The molecule has 0 heterocycles. The predicted molar refractivity (Wildman–Crippen MR) is 67.4 cm³/mol. The maximum atomic E-state index is 11.2. The summed E-state index contributed by atoms with van der Waals surface area (Å²) in [6.45, 7) is 6.97. The normalized spacial score (nSPS) is 11.3. The molecule has 1 N–H and O–H groups in total. The first-order chi connectivity index (χ1) is 8.37. The topological polar surface area (TPSA) is 72.8 Å². The largest absolute Gasteiger partial charge is 0.481 e. The van der Waals surface area contributed by atoms with Gasteiger partial charge in [0.05, 0.1) is 25.0 Å². The van der Waals surface area contributed by atoms with Crippen LogP contribution in [-0.2, 0) is 19.1 Å². The summed E-state index contributed by atoms with van der Waals surface area (Å²) in [6, 6.07) is 0. The number of ether oxygens (including phenoxy) is 2. The first-order valence-corrected chi connectivity index (χ1v) is 6.39. The molecule has 0 aliphatic carbocycles. The Hall–Kier alpha value is -1.10. The molecule has 0 aromatic carbocycles. The fourth-order valence-corrected chi connectivity index (χ4v) is 1.26. The van der Waals surface area contributed by atoms with Crippen molar-refractivity contribution in [2.45, 2.75) is 58.5 Å². The van der Waals surface area contributed by atoms with Crippen LogP contribution in [-0.4, -0.2) is 35.9 Å². The second-order valence-electron chi connectivity index (χ2n) is 4.83. The summed E-state index contributed by atoms with van der Waals surface area (Å²) in [4.78, 5) is 21.4. The van der Waals surface area contributed by atoms with E-state index in [2.05, 4.69) is 6.92 Å². The molecule has 0 saturated heterocycles. The molecule has 106 valence electrons. The van der Waals surface area contributed by atoms with Crippen LogP contribution < -0.4 is 0 Å². The van der Waals surface area contributed by atoms with E-state index in [0.29, 0.717) is 13.0 Å². The van der Waals surface area contributed by atoms with Gasteiger partial charge in [0.2, 0.25) is 0 Å². The molecule has 0 saturated carbocycles. The zero-order valence-corrected chi connectivity index (χ0v) is 11.5. The van der Waals surface area contributed by atoms with E-state index >= 15 is 0 Å². The molecule has 0 aliphatic rings. The van der Waals surface area contributed by atoms with E-state index in [1.165, 1.54) is 0 Å². The number of carboxylic acids is 1. The van der Waals surface area contributed by atoms with E-state index in [1.54, 1.807) is 0 Å². The fourth-order valence-electron chi connectivity index (χ4n) is 1.26. The molecule has 5 heteroatoms. The van der Waals surface area contributed by atoms with Crippen LogP contribution in [0.25, 0.3) is 0 Å². The van der Waals surface area contributed by atoms with Gasteiger partial charge in [-0.25, -0.2) is 0 Å². The Bertz CT molecular complexity index is 260. The number of carboxylic acid groups (broad SMARTS) is 1. The van der Waals surface area contributed by atoms with Crippen molar-refractivity contribution in [1.82, 2.24) is 0 Å². The molecule has 0 spiro atoms. The van der Waals surface area contributed by atoms with E-state index in [9.17, 15) is 9.59 Å². The number of esters is 1. The van der Waals surface area contributed by atoms with Gasteiger partial charge in [-0.05, 0) is 20.3 Å². The van der Waals surface area contributed by atoms with E-state index in [4.69, 9.17) is 14.6 Å². The fraction of sp³-hybridized carbons (Fsp3) is 0.846. The van der Waals surface area contributed by atoms with Gasteiger partial charge in [0.25, 0.3) is 0 Å². The van der Waals surface area contributed by atoms with Crippen molar-refractivity contribution < 1.29 is 24.2 Å². The molecule has 0 aromatic heterocycles. The molecule has 0 unspecified atom stereocenters. The van der Waals surface area contributed by atoms with E-state index in [-0.39, 0.29) is 25.0 Å². The van der Waals surface area contributed by atoms with Crippen molar-refractivity contribution >= 4 is 11.9 Å². The van der Waals surface area contributed by atoms with Crippen molar-refractivity contribution in [2.24, 2.45) is 0 Å². The van der Waals surface area contributed by atoms with Crippen molar-refractivity contribution in [1.29, 1.82) is 0 Å². The summed E-state index contributed by atoms with van der Waals surface area (Å²) < 4.78 is 10.6. The maximum Gasteiger partial charge on any atom is 0.306 e. The molecular weight excluding hydrogens is 236 g/mol. The monoisotopic (exact) mass is 260 g/mol. The quantitative estimate of drug-likeness (QED) is 0.482. The molecule has 0 radical (unpaired) electrons. The Morgan fingerprint density at radius 3 is 2.39 bits per heavy atom. The van der Waals surface area contributed by atoms with Gasteiger partial charge < -0.3 is 14.6 Å². The first-order valence-electron chi connectivity index (χ1n) is 6.39. The van der Waals surface area contributed by atoms with Gasteiger partial charge in [0, 0.05) is 13.0 Å². The van der Waals surface area contributed by atoms with Crippen molar-refractivity contribution in [3.63, 3.8) is 0 Å². The van der Waals surface area contributed by atoms with E-state index in [1.807, 2.05) is 13.8 Å². The lowest BCUT2D eigenvalue weighted by atomic mass is 10.1. The van der Waals surface area contributed by atoms with Gasteiger partial charge in [-0.1, -0.05) is 13.3 Å². The Morgan fingerprint density at radius 2 is 1.83 bits per heavy atom. The number of carbonyl (C=O) groups excluding carboxylic acids is 1. The molecule has 0 amide bonds. The summed E-state index contributed by atoms with van der Waals surface area (Å²) in [5.41, 5.74) is -0.317. The molecule has 18 heavy (non-hydrogen) atoms. The van der Waals surface area contributed by atoms with Crippen molar-refractivity contribution in [3.8, 4) is 0 Å². The summed E-state index contributed by atoms with van der Waals surface area (Å²) in [5, 5.41) is 8.41. The van der Waals surface area contributed by atoms with Gasteiger partial charge in [0.1, 0.15) is 0 Å².